The first kappa shape index (κ1) is 50.3. The van der Waals surface area contributed by atoms with E-state index in [2.05, 4.69) is 14.8 Å². The van der Waals surface area contributed by atoms with Crippen molar-refractivity contribution < 1.29 is 40.8 Å². The first-order valence-corrected chi connectivity index (χ1v) is 23.8. The van der Waals surface area contributed by atoms with Gasteiger partial charge in [-0.25, -0.2) is 21.6 Å². The summed E-state index contributed by atoms with van der Waals surface area (Å²) in [5.41, 5.74) is 8.85. The van der Waals surface area contributed by atoms with Gasteiger partial charge >= 0.3 is 5.97 Å². The molecule has 1 aliphatic heterocycles. The van der Waals surface area contributed by atoms with Gasteiger partial charge in [0.2, 0.25) is 0 Å². The van der Waals surface area contributed by atoms with Crippen LogP contribution in [0.25, 0.3) is 0 Å². The zero-order valence-corrected chi connectivity index (χ0v) is 37.8. The average molecular weight is 944 g/mol. The summed E-state index contributed by atoms with van der Waals surface area (Å²) >= 11 is 0. The van der Waals surface area contributed by atoms with Gasteiger partial charge in [-0.05, 0) is 109 Å². The van der Waals surface area contributed by atoms with Gasteiger partial charge in [0.1, 0.15) is 5.75 Å². The zero-order valence-electron chi connectivity index (χ0n) is 36.1. The van der Waals surface area contributed by atoms with Gasteiger partial charge < -0.3 is 20.5 Å². The van der Waals surface area contributed by atoms with Crippen molar-refractivity contribution >= 4 is 49.0 Å². The minimum absolute atomic E-state index is 0.0109. The summed E-state index contributed by atoms with van der Waals surface area (Å²) in [7, 11) is -7.49. The summed E-state index contributed by atoms with van der Waals surface area (Å²) in [6.45, 7) is 3.05. The highest BCUT2D eigenvalue weighted by Gasteiger charge is 2.17. The second kappa shape index (κ2) is 25.7. The number of nitrogens with two attached hydrogens (primary N) is 1. The number of hydrogen-bond acceptors (Lipinski definition) is 11. The number of anilines is 2. The van der Waals surface area contributed by atoms with Gasteiger partial charge in [0.15, 0.2) is 0 Å². The molecule has 1 saturated heterocycles. The van der Waals surface area contributed by atoms with Gasteiger partial charge in [-0.15, -0.1) is 0 Å². The predicted molar refractivity (Wildman–Crippen MR) is 257 cm³/mol. The second-order valence-corrected chi connectivity index (χ2v) is 17.7. The molecule has 7 aromatic carbocycles. The number of benzene rings is 7. The summed E-state index contributed by atoms with van der Waals surface area (Å²) in [6, 6.07) is 52.7. The minimum Gasteiger partial charge on any atom is -0.423 e. The number of amides is 1. The topological polar surface area (TPSA) is 226 Å². The Labute approximate surface area is 389 Å². The maximum atomic E-state index is 12.4. The van der Waals surface area contributed by atoms with E-state index in [1.807, 2.05) is 60.7 Å². The van der Waals surface area contributed by atoms with Crippen LogP contribution >= 0.6 is 0 Å². The first-order valence-electron chi connectivity index (χ1n) is 20.8. The molecule has 1 fully saturated rings. The van der Waals surface area contributed by atoms with E-state index in [-0.39, 0.29) is 32.7 Å². The van der Waals surface area contributed by atoms with Crippen molar-refractivity contribution in [3.63, 3.8) is 0 Å². The number of non-ortho nitro benzene ring substituents is 1. The van der Waals surface area contributed by atoms with Gasteiger partial charge in [0, 0.05) is 55.4 Å². The molecule has 1 aliphatic rings. The molecule has 0 radical (unpaired) electrons. The van der Waals surface area contributed by atoms with E-state index in [9.17, 15) is 36.5 Å². The minimum atomic E-state index is -3.79. The molecule has 346 valence electrons. The molecule has 15 nitrogen and oxygen atoms in total. The fraction of sp³-hybridized carbons (Fsp3) is 0.120. The number of ether oxygens (including phenoxy) is 2. The Hall–Kier alpha value is -7.70. The van der Waals surface area contributed by atoms with E-state index in [1.165, 1.54) is 91.2 Å². The number of hydrogen-bond donors (Lipinski definition) is 4. The smallest absolute Gasteiger partial charge is 0.343 e. The first-order chi connectivity index (χ1) is 32.3. The standard InChI is InChI=1S/C20H18N2O3S.C19H14N2O6S.C7H9N.C4H8O/c23-20(21-15-16-7-3-1-4-8-16)17-11-13-19(14-12-17)26(24,25)22-18-9-5-2-6-10-18;22-19(27-17-10-8-16(9-11-17)21(23)24)14-6-12-18(13-7-14)28(25,26)20-15-4-2-1-3-5-15;8-6-7-4-2-1-3-5-7;1-2-4-5-3-1/h1-14,22H,15H2,(H,21,23);1-13,20H;1-5H,6,8H2;1-4H2. The van der Waals surface area contributed by atoms with Crippen molar-refractivity contribution in [1.29, 1.82) is 0 Å². The van der Waals surface area contributed by atoms with Gasteiger partial charge in [-0.1, -0.05) is 97.1 Å². The SMILES string of the molecule is C1CCOC1.NCc1ccccc1.O=C(NCc1ccccc1)c1ccc(S(=O)(=O)Nc2ccccc2)cc1.O=C(Oc1ccc([N+](=O)[O-])cc1)c1ccc(S(=O)(=O)Nc2ccccc2)cc1. The van der Waals surface area contributed by atoms with E-state index in [0.29, 0.717) is 30.0 Å². The molecule has 0 spiro atoms. The molecule has 5 N–H and O–H groups in total. The molecule has 1 heterocycles. The quantitative estimate of drug-likeness (QED) is 0.0369. The van der Waals surface area contributed by atoms with Crippen LogP contribution < -0.4 is 25.2 Å². The highest BCUT2D eigenvalue weighted by atomic mass is 32.2. The van der Waals surface area contributed by atoms with Crippen LogP contribution in [0.1, 0.15) is 44.7 Å². The fourth-order valence-corrected chi connectivity index (χ4v) is 7.92. The molecule has 0 atom stereocenters. The highest BCUT2D eigenvalue weighted by molar-refractivity contribution is 7.93. The molecule has 1 amide bonds. The third kappa shape index (κ3) is 17.0. The van der Waals surface area contributed by atoms with Crippen molar-refractivity contribution in [2.24, 2.45) is 5.73 Å². The molecule has 8 rings (SSSR count). The van der Waals surface area contributed by atoms with Crippen molar-refractivity contribution in [2.45, 2.75) is 35.7 Å². The Morgan fingerprint density at radius 2 is 0.985 bits per heavy atom. The Balaban J connectivity index is 0.000000197. The van der Waals surface area contributed by atoms with Crippen molar-refractivity contribution in [2.75, 3.05) is 22.7 Å². The molecule has 17 heteroatoms. The second-order valence-electron chi connectivity index (χ2n) is 14.3. The fourth-order valence-electron chi connectivity index (χ4n) is 5.80. The summed E-state index contributed by atoms with van der Waals surface area (Å²) in [6.07, 6.45) is 2.56. The van der Waals surface area contributed by atoms with Crippen LogP contribution in [0.3, 0.4) is 0 Å². The van der Waals surface area contributed by atoms with E-state index in [0.717, 1.165) is 18.8 Å². The van der Waals surface area contributed by atoms with Crippen molar-refractivity contribution in [3.8, 4) is 5.75 Å². The lowest BCUT2D eigenvalue weighted by Gasteiger charge is -2.09. The summed E-state index contributed by atoms with van der Waals surface area (Å²) in [4.78, 5) is 34.5. The van der Waals surface area contributed by atoms with Crippen LogP contribution in [0.5, 0.6) is 5.75 Å². The molecule has 0 aliphatic carbocycles. The largest absolute Gasteiger partial charge is 0.423 e. The van der Waals surface area contributed by atoms with Crippen molar-refractivity contribution in [1.82, 2.24) is 5.32 Å². The average Bonchev–Trinajstić information content (AvgIpc) is 3.96. The number of rotatable bonds is 13. The number of para-hydroxylation sites is 2. The van der Waals surface area contributed by atoms with E-state index in [4.69, 9.17) is 15.2 Å². The Bertz CT molecular complexity index is 2830. The van der Waals surface area contributed by atoms with Crippen LogP contribution in [-0.2, 0) is 37.9 Å². The number of esters is 1. The van der Waals surface area contributed by atoms with Crippen LogP contribution in [0, 0.1) is 10.1 Å². The molecule has 0 saturated carbocycles. The van der Waals surface area contributed by atoms with Crippen LogP contribution in [0.4, 0.5) is 17.1 Å². The van der Waals surface area contributed by atoms with E-state index in [1.54, 1.807) is 60.7 Å². The van der Waals surface area contributed by atoms with Gasteiger partial charge in [0.05, 0.1) is 20.3 Å². The van der Waals surface area contributed by atoms with E-state index < -0.39 is 30.9 Å². The maximum Gasteiger partial charge on any atom is 0.343 e. The third-order valence-electron chi connectivity index (χ3n) is 9.34. The Morgan fingerprint density at radius 3 is 1.37 bits per heavy atom. The number of nitrogens with one attached hydrogen (secondary N) is 3. The molecule has 67 heavy (non-hydrogen) atoms. The zero-order chi connectivity index (χ0) is 47.9. The van der Waals surface area contributed by atoms with Crippen LogP contribution in [-0.4, -0.2) is 46.8 Å². The lowest BCUT2D eigenvalue weighted by atomic mass is 10.2. The van der Waals surface area contributed by atoms with Crippen LogP contribution in [0.15, 0.2) is 204 Å². The summed E-state index contributed by atoms with van der Waals surface area (Å²) in [5.74, 6) is -0.833. The van der Waals surface area contributed by atoms with Gasteiger partial charge in [-0.3, -0.25) is 24.4 Å². The monoisotopic (exact) mass is 943 g/mol. The van der Waals surface area contributed by atoms with E-state index >= 15 is 0 Å². The lowest BCUT2D eigenvalue weighted by molar-refractivity contribution is -0.384. The predicted octanol–water partition coefficient (Wildman–Crippen LogP) is 8.97. The van der Waals surface area contributed by atoms with Crippen molar-refractivity contribution in [3.05, 3.63) is 226 Å². The number of carbonyl (C=O) groups excluding carboxylic acids is 2. The van der Waals surface area contributed by atoms with Gasteiger partial charge in [-0.2, -0.15) is 0 Å². The maximum absolute atomic E-state index is 12.4. The molecular formula is C50H49N5O10S2. The Kier molecular flexibility index (Phi) is 19.3. The molecular weight excluding hydrogens is 895 g/mol. The van der Waals surface area contributed by atoms with Gasteiger partial charge in [0.25, 0.3) is 31.6 Å². The number of carbonyl (C=O) groups is 2. The number of sulfonamides is 2. The molecule has 0 bridgehead atoms. The van der Waals surface area contributed by atoms with Crippen LogP contribution in [0.2, 0.25) is 0 Å². The number of nitro benzene ring substituents is 1. The Morgan fingerprint density at radius 1 is 0.567 bits per heavy atom. The summed E-state index contributed by atoms with van der Waals surface area (Å²) < 4.78 is 64.5. The molecule has 0 unspecified atom stereocenters. The highest BCUT2D eigenvalue weighted by Crippen LogP contribution is 2.21. The number of nitrogens with zero attached hydrogens (tertiary/aromatic N) is 1. The number of nitro groups is 1. The lowest BCUT2D eigenvalue weighted by Crippen LogP contribution is -2.22. The molecule has 0 aromatic heterocycles. The summed E-state index contributed by atoms with van der Waals surface area (Å²) in [5, 5.41) is 13.4. The molecule has 7 aromatic rings. The normalized spacial score (nSPS) is 11.7. The third-order valence-corrected chi connectivity index (χ3v) is 12.1.